The van der Waals surface area contributed by atoms with E-state index in [0.717, 1.165) is 38.5 Å². The van der Waals surface area contributed by atoms with Gasteiger partial charge in [0.05, 0.1) is 17.2 Å². The summed E-state index contributed by atoms with van der Waals surface area (Å²) in [4.78, 5) is 39.2. The molecule has 1 aliphatic heterocycles. The van der Waals surface area contributed by atoms with E-state index >= 15 is 0 Å². The first-order valence-electron chi connectivity index (χ1n) is 10.9. The van der Waals surface area contributed by atoms with Gasteiger partial charge in [-0.05, 0) is 72.8 Å². The molecule has 1 heterocycles. The van der Waals surface area contributed by atoms with Crippen LogP contribution in [0.4, 0.5) is 4.79 Å². The van der Waals surface area contributed by atoms with Crippen molar-refractivity contribution >= 4 is 39.9 Å². The Kier molecular flexibility index (Phi) is 7.75. The summed E-state index contributed by atoms with van der Waals surface area (Å²) in [5.74, 6) is -0.129. The first-order valence-corrected chi connectivity index (χ1v) is 11.7. The average Bonchev–Trinajstić information content (AvgIpc) is 2.74. The monoisotopic (exact) mass is 492 g/mol. The largest absolute Gasteiger partial charge is 0.490 e. The van der Waals surface area contributed by atoms with Crippen molar-refractivity contribution in [1.29, 1.82) is 0 Å². The first kappa shape index (κ1) is 23.3. The number of carbonyl (C=O) groups is 3. The summed E-state index contributed by atoms with van der Waals surface area (Å²) in [7, 11) is 0. The highest BCUT2D eigenvalue weighted by atomic mass is 79.9. The summed E-state index contributed by atoms with van der Waals surface area (Å²) in [5, 5.41) is 2.32. The Balaban J connectivity index is 1.95. The molecule has 31 heavy (non-hydrogen) atoms. The van der Waals surface area contributed by atoms with Gasteiger partial charge in [0.1, 0.15) is 5.57 Å². The van der Waals surface area contributed by atoms with Crippen molar-refractivity contribution in [2.45, 2.75) is 71.4 Å². The lowest BCUT2D eigenvalue weighted by Crippen LogP contribution is -2.58. The Hall–Kier alpha value is -2.35. The van der Waals surface area contributed by atoms with Crippen LogP contribution in [0.25, 0.3) is 6.08 Å². The van der Waals surface area contributed by atoms with Gasteiger partial charge in [-0.1, -0.05) is 26.2 Å². The van der Waals surface area contributed by atoms with Gasteiger partial charge in [0, 0.05) is 6.04 Å². The lowest BCUT2D eigenvalue weighted by Gasteiger charge is -2.35. The van der Waals surface area contributed by atoms with Crippen LogP contribution in [0, 0.1) is 0 Å². The summed E-state index contributed by atoms with van der Waals surface area (Å²) >= 11 is 3.52. The number of nitrogens with one attached hydrogen (secondary N) is 1. The van der Waals surface area contributed by atoms with Crippen molar-refractivity contribution in [3.63, 3.8) is 0 Å². The molecule has 0 bridgehead atoms. The third-order valence-electron chi connectivity index (χ3n) is 5.61. The van der Waals surface area contributed by atoms with Crippen LogP contribution >= 0.6 is 15.9 Å². The van der Waals surface area contributed by atoms with Crippen LogP contribution in [-0.2, 0) is 9.59 Å². The molecule has 1 saturated heterocycles. The van der Waals surface area contributed by atoms with Crippen molar-refractivity contribution in [2.75, 3.05) is 6.61 Å². The van der Waals surface area contributed by atoms with E-state index in [9.17, 15) is 14.4 Å². The number of amides is 4. The minimum atomic E-state index is -0.684. The van der Waals surface area contributed by atoms with Crippen LogP contribution in [0.3, 0.4) is 0 Å². The Morgan fingerprint density at radius 1 is 1.19 bits per heavy atom. The third-order valence-corrected chi connectivity index (χ3v) is 6.20. The standard InChI is InChI=1S/C23H29BrN2O5/c1-4-14(3)31-20-18(24)12-15(13-19(20)30-5-2)11-17-21(27)25-23(29)26(22(17)28)16-9-7-6-8-10-16/h11-14,16H,4-10H2,1-3H3,(H,25,27,29). The summed E-state index contributed by atoms with van der Waals surface area (Å²) in [5.41, 5.74) is 0.540. The minimum Gasteiger partial charge on any atom is -0.490 e. The number of rotatable bonds is 7. The van der Waals surface area contributed by atoms with Crippen LogP contribution < -0.4 is 14.8 Å². The fourth-order valence-electron chi connectivity index (χ4n) is 3.84. The Morgan fingerprint density at radius 2 is 1.90 bits per heavy atom. The minimum absolute atomic E-state index is 0.000439. The molecule has 4 amide bonds. The molecule has 1 aromatic carbocycles. The number of urea groups is 1. The molecule has 1 atom stereocenters. The number of nitrogens with zero attached hydrogens (tertiary/aromatic N) is 1. The molecule has 1 unspecified atom stereocenters. The van der Waals surface area contributed by atoms with Crippen molar-refractivity contribution < 1.29 is 23.9 Å². The molecule has 2 fully saturated rings. The molecular weight excluding hydrogens is 464 g/mol. The van der Waals surface area contributed by atoms with E-state index in [0.29, 0.717) is 28.1 Å². The molecular formula is C23H29BrN2O5. The zero-order chi connectivity index (χ0) is 22.5. The van der Waals surface area contributed by atoms with Gasteiger partial charge >= 0.3 is 6.03 Å². The number of benzene rings is 1. The summed E-state index contributed by atoms with van der Waals surface area (Å²) < 4.78 is 12.4. The average molecular weight is 493 g/mol. The fourth-order valence-corrected chi connectivity index (χ4v) is 4.39. The van der Waals surface area contributed by atoms with E-state index in [1.807, 2.05) is 20.8 Å². The van der Waals surface area contributed by atoms with Crippen molar-refractivity contribution in [3.8, 4) is 11.5 Å². The number of carbonyl (C=O) groups excluding carboxylic acids is 3. The number of hydrogen-bond acceptors (Lipinski definition) is 5. The molecule has 3 rings (SSSR count). The number of halogens is 1. The van der Waals surface area contributed by atoms with Crippen molar-refractivity contribution in [3.05, 3.63) is 27.7 Å². The maximum absolute atomic E-state index is 13.1. The molecule has 1 saturated carbocycles. The number of hydrogen-bond donors (Lipinski definition) is 1. The Morgan fingerprint density at radius 3 is 2.55 bits per heavy atom. The summed E-state index contributed by atoms with van der Waals surface area (Å²) in [6.07, 6.45) is 6.91. The van der Waals surface area contributed by atoms with Gasteiger partial charge < -0.3 is 9.47 Å². The second-order valence-electron chi connectivity index (χ2n) is 7.88. The zero-order valence-corrected chi connectivity index (χ0v) is 19.8. The molecule has 7 nitrogen and oxygen atoms in total. The lowest BCUT2D eigenvalue weighted by molar-refractivity contribution is -0.132. The maximum Gasteiger partial charge on any atom is 0.331 e. The molecule has 168 valence electrons. The zero-order valence-electron chi connectivity index (χ0n) is 18.2. The first-order chi connectivity index (χ1) is 14.8. The molecule has 2 aliphatic rings. The van der Waals surface area contributed by atoms with Gasteiger partial charge in [0.2, 0.25) is 0 Å². The van der Waals surface area contributed by atoms with E-state index in [4.69, 9.17) is 9.47 Å². The summed E-state index contributed by atoms with van der Waals surface area (Å²) in [6.45, 7) is 6.31. The van der Waals surface area contributed by atoms with Crippen LogP contribution in [0.2, 0.25) is 0 Å². The fraction of sp³-hybridized carbons (Fsp3) is 0.522. The topological polar surface area (TPSA) is 84.9 Å². The van der Waals surface area contributed by atoms with Gasteiger partial charge in [0.15, 0.2) is 11.5 Å². The molecule has 0 spiro atoms. The molecule has 8 heteroatoms. The molecule has 1 N–H and O–H groups in total. The van der Waals surface area contributed by atoms with E-state index < -0.39 is 17.8 Å². The molecule has 0 radical (unpaired) electrons. The predicted octanol–water partition coefficient (Wildman–Crippen LogP) is 4.82. The highest BCUT2D eigenvalue weighted by Gasteiger charge is 2.40. The third kappa shape index (κ3) is 5.29. The smallest absolute Gasteiger partial charge is 0.331 e. The maximum atomic E-state index is 13.1. The number of ether oxygens (including phenoxy) is 2. The Bertz CT molecular complexity index is 892. The molecule has 0 aromatic heterocycles. The second-order valence-corrected chi connectivity index (χ2v) is 8.74. The van der Waals surface area contributed by atoms with E-state index in [1.54, 1.807) is 12.1 Å². The van der Waals surface area contributed by atoms with Gasteiger partial charge in [-0.15, -0.1) is 0 Å². The van der Waals surface area contributed by atoms with Crippen LogP contribution in [0.15, 0.2) is 22.2 Å². The molecule has 1 aromatic rings. The van der Waals surface area contributed by atoms with Gasteiger partial charge in [-0.3, -0.25) is 19.8 Å². The van der Waals surface area contributed by atoms with Crippen LogP contribution in [0.5, 0.6) is 11.5 Å². The Labute approximate surface area is 191 Å². The van der Waals surface area contributed by atoms with Gasteiger partial charge in [-0.25, -0.2) is 4.79 Å². The quantitative estimate of drug-likeness (QED) is 0.435. The van der Waals surface area contributed by atoms with E-state index in [2.05, 4.69) is 21.2 Å². The number of barbiturate groups is 1. The van der Waals surface area contributed by atoms with E-state index in [1.165, 1.54) is 11.0 Å². The van der Waals surface area contributed by atoms with Crippen LogP contribution in [0.1, 0.15) is 64.9 Å². The molecule has 1 aliphatic carbocycles. The van der Waals surface area contributed by atoms with Crippen molar-refractivity contribution in [2.24, 2.45) is 0 Å². The SMILES string of the molecule is CCOc1cc(C=C2C(=O)NC(=O)N(C3CCCCC3)C2=O)cc(Br)c1OC(C)CC. The van der Waals surface area contributed by atoms with E-state index in [-0.39, 0.29) is 17.7 Å². The summed E-state index contributed by atoms with van der Waals surface area (Å²) in [6, 6.07) is 2.71. The highest BCUT2D eigenvalue weighted by molar-refractivity contribution is 9.10. The lowest BCUT2D eigenvalue weighted by atomic mass is 9.93. The normalized spacial score (nSPS) is 20.1. The van der Waals surface area contributed by atoms with Crippen molar-refractivity contribution in [1.82, 2.24) is 10.2 Å². The van der Waals surface area contributed by atoms with Gasteiger partial charge in [0.25, 0.3) is 11.8 Å². The van der Waals surface area contributed by atoms with Gasteiger partial charge in [-0.2, -0.15) is 0 Å². The predicted molar refractivity (Wildman–Crippen MR) is 121 cm³/mol. The highest BCUT2D eigenvalue weighted by Crippen LogP contribution is 2.38. The van der Waals surface area contributed by atoms with Crippen LogP contribution in [-0.4, -0.2) is 41.5 Å². The second kappa shape index (κ2) is 10.3. The number of imide groups is 2.